The molecule has 1 unspecified atom stereocenters. The summed E-state index contributed by atoms with van der Waals surface area (Å²) in [4.78, 5) is 41.8. The molecule has 8 nitrogen and oxygen atoms in total. The Balaban J connectivity index is 1.24. The molecule has 0 fully saturated rings. The lowest BCUT2D eigenvalue weighted by atomic mass is 10.0. The molecule has 0 radical (unpaired) electrons. The topological polar surface area (TPSA) is 106 Å². The van der Waals surface area contributed by atoms with Gasteiger partial charge in [-0.2, -0.15) is 0 Å². The number of nitrogens with one attached hydrogen (secondary N) is 3. The summed E-state index contributed by atoms with van der Waals surface area (Å²) < 4.78 is 10.8. The van der Waals surface area contributed by atoms with E-state index in [1.165, 1.54) is 26.0 Å². The Labute approximate surface area is 323 Å². The fourth-order valence-corrected chi connectivity index (χ4v) is 6.87. The number of amides is 3. The smallest absolute Gasteiger partial charge is 0.272 e. The highest BCUT2D eigenvalue weighted by atomic mass is 35.5. The average molecular weight is 754 g/mol. The molecule has 0 spiro atoms. The van der Waals surface area contributed by atoms with Crippen molar-refractivity contribution in [3.8, 4) is 22.6 Å². The largest absolute Gasteiger partial charge is 0.495 e. The molecule has 0 aliphatic carbocycles. The van der Waals surface area contributed by atoms with E-state index in [9.17, 15) is 14.4 Å². The van der Waals surface area contributed by atoms with Crippen molar-refractivity contribution in [3.63, 3.8) is 0 Å². The summed E-state index contributed by atoms with van der Waals surface area (Å²) in [5.74, 6) is -0.449. The summed E-state index contributed by atoms with van der Waals surface area (Å²) >= 11 is 7.69. The predicted octanol–water partition coefficient (Wildman–Crippen LogP) is 9.91. The molecule has 6 rings (SSSR count). The van der Waals surface area contributed by atoms with Crippen molar-refractivity contribution in [2.24, 2.45) is 0 Å². The Hall–Kier alpha value is -6.29. The molecule has 0 bridgehead atoms. The summed E-state index contributed by atoms with van der Waals surface area (Å²) in [6, 6.07) is 46.1. The fraction of sp³-hybridized carbons (Fsp3) is 0.0682. The number of benzene rings is 6. The third-order valence-corrected chi connectivity index (χ3v) is 9.82. The molecule has 3 amide bonds. The van der Waals surface area contributed by atoms with Crippen molar-refractivity contribution < 1.29 is 23.9 Å². The Bertz CT molecular complexity index is 2270. The number of anilines is 2. The van der Waals surface area contributed by atoms with Crippen molar-refractivity contribution >= 4 is 58.5 Å². The zero-order chi connectivity index (χ0) is 37.9. The first-order chi connectivity index (χ1) is 26.3. The van der Waals surface area contributed by atoms with Crippen LogP contribution < -0.4 is 25.4 Å². The molecule has 0 aliphatic heterocycles. The van der Waals surface area contributed by atoms with E-state index in [4.69, 9.17) is 21.1 Å². The number of rotatable bonds is 13. The summed E-state index contributed by atoms with van der Waals surface area (Å²) in [6.07, 6.45) is 1.64. The third-order valence-electron chi connectivity index (χ3n) is 8.28. The van der Waals surface area contributed by atoms with Gasteiger partial charge in [0.2, 0.25) is 5.91 Å². The molecule has 1 atom stereocenters. The molecule has 6 aromatic rings. The second-order valence-corrected chi connectivity index (χ2v) is 13.5. The Kier molecular flexibility index (Phi) is 12.5. The van der Waals surface area contributed by atoms with Gasteiger partial charge in [0.25, 0.3) is 11.8 Å². The summed E-state index contributed by atoms with van der Waals surface area (Å²) in [7, 11) is 3.00. The molecule has 0 aromatic heterocycles. The maximum atomic E-state index is 13.9. The monoisotopic (exact) mass is 753 g/mol. The van der Waals surface area contributed by atoms with Gasteiger partial charge < -0.3 is 25.4 Å². The van der Waals surface area contributed by atoms with Crippen molar-refractivity contribution in [1.82, 2.24) is 5.32 Å². The van der Waals surface area contributed by atoms with Gasteiger partial charge in [-0.15, -0.1) is 11.8 Å². The van der Waals surface area contributed by atoms with E-state index in [0.717, 1.165) is 22.3 Å². The SMILES string of the molecule is COc1cc(OC)c(NC(=O)C(Sc2cccc(NC(=O)/C(=C\c3ccc(-c4ccccc4)cc3)NC(=O)c3ccccc3)c2)c2ccccc2)cc1Cl. The van der Waals surface area contributed by atoms with Crippen LogP contribution in [-0.2, 0) is 9.59 Å². The Morgan fingerprint density at radius 3 is 1.96 bits per heavy atom. The number of carbonyl (C=O) groups is 3. The standard InChI is InChI=1S/C44H36ClN3O5S/c1-52-39-28-40(53-2)37(27-36(39)45)47-44(51)41(32-15-8-4-9-16-32)54-35-20-12-19-34(26-35)46-43(50)38(48-42(49)33-17-10-5-11-18-33)25-29-21-23-31(24-22-29)30-13-6-3-7-14-30/h3-28,41H,1-2H3,(H,46,50)(H,47,51)(H,48,49)/b38-25+. The van der Waals surface area contributed by atoms with Gasteiger partial charge in [0, 0.05) is 22.2 Å². The average Bonchev–Trinajstić information content (AvgIpc) is 3.21. The van der Waals surface area contributed by atoms with Gasteiger partial charge in [-0.25, -0.2) is 0 Å². The number of ether oxygens (including phenoxy) is 2. The summed E-state index contributed by atoms with van der Waals surface area (Å²) in [6.45, 7) is 0. The molecule has 6 aromatic carbocycles. The molecular formula is C44H36ClN3O5S. The van der Waals surface area contributed by atoms with Gasteiger partial charge >= 0.3 is 0 Å². The quantitative estimate of drug-likeness (QED) is 0.0801. The minimum absolute atomic E-state index is 0.0583. The highest BCUT2D eigenvalue weighted by molar-refractivity contribution is 8.00. The van der Waals surface area contributed by atoms with Gasteiger partial charge in [-0.1, -0.05) is 121 Å². The lowest BCUT2D eigenvalue weighted by molar-refractivity contribution is -0.116. The highest BCUT2D eigenvalue weighted by Gasteiger charge is 2.24. The number of halogens is 1. The maximum Gasteiger partial charge on any atom is 0.272 e. The van der Waals surface area contributed by atoms with Crippen LogP contribution in [0.2, 0.25) is 5.02 Å². The minimum Gasteiger partial charge on any atom is -0.495 e. The van der Waals surface area contributed by atoms with Crippen LogP contribution in [0.4, 0.5) is 11.4 Å². The van der Waals surface area contributed by atoms with Crippen LogP contribution in [0.3, 0.4) is 0 Å². The Morgan fingerprint density at radius 2 is 1.30 bits per heavy atom. The molecule has 0 heterocycles. The first-order valence-corrected chi connectivity index (χ1v) is 18.2. The van der Waals surface area contributed by atoms with E-state index in [0.29, 0.717) is 38.4 Å². The zero-order valence-electron chi connectivity index (χ0n) is 29.4. The first kappa shape index (κ1) is 37.5. The molecule has 0 saturated heterocycles. The predicted molar refractivity (Wildman–Crippen MR) is 217 cm³/mol. The van der Waals surface area contributed by atoms with Gasteiger partial charge in [0.15, 0.2) is 0 Å². The molecule has 3 N–H and O–H groups in total. The summed E-state index contributed by atoms with van der Waals surface area (Å²) in [5, 5.41) is 8.32. The van der Waals surface area contributed by atoms with Crippen LogP contribution in [0.5, 0.6) is 11.5 Å². The number of carbonyl (C=O) groups excluding carboxylic acids is 3. The summed E-state index contributed by atoms with van der Waals surface area (Å²) in [5.41, 5.74) is 4.91. The van der Waals surface area contributed by atoms with E-state index in [1.54, 1.807) is 60.7 Å². The van der Waals surface area contributed by atoms with E-state index in [-0.39, 0.29) is 11.6 Å². The van der Waals surface area contributed by atoms with Crippen LogP contribution >= 0.6 is 23.4 Å². The Morgan fingerprint density at radius 1 is 0.667 bits per heavy atom. The van der Waals surface area contributed by atoms with Gasteiger partial charge in [0.05, 0.1) is 24.9 Å². The maximum absolute atomic E-state index is 13.9. The van der Waals surface area contributed by atoms with Crippen LogP contribution in [-0.4, -0.2) is 31.9 Å². The molecule has 270 valence electrons. The van der Waals surface area contributed by atoms with Crippen molar-refractivity contribution in [2.75, 3.05) is 24.9 Å². The molecule has 54 heavy (non-hydrogen) atoms. The van der Waals surface area contributed by atoms with Crippen LogP contribution in [0, 0.1) is 0 Å². The number of methoxy groups -OCH3 is 2. The van der Waals surface area contributed by atoms with E-state index >= 15 is 0 Å². The van der Waals surface area contributed by atoms with Crippen molar-refractivity contribution in [3.05, 3.63) is 179 Å². The third kappa shape index (κ3) is 9.57. The molecule has 10 heteroatoms. The van der Waals surface area contributed by atoms with E-state index < -0.39 is 17.1 Å². The normalized spacial score (nSPS) is 11.6. The number of thioether (sulfide) groups is 1. The van der Waals surface area contributed by atoms with Crippen molar-refractivity contribution in [1.29, 1.82) is 0 Å². The lowest BCUT2D eigenvalue weighted by Gasteiger charge is -2.19. The first-order valence-electron chi connectivity index (χ1n) is 16.9. The van der Waals surface area contributed by atoms with Gasteiger partial charge in [0.1, 0.15) is 22.4 Å². The number of hydrogen-bond acceptors (Lipinski definition) is 6. The van der Waals surface area contributed by atoms with Crippen LogP contribution in [0.25, 0.3) is 17.2 Å². The minimum atomic E-state index is -0.692. The fourth-order valence-electron chi connectivity index (χ4n) is 5.55. The molecule has 0 aliphatic rings. The zero-order valence-corrected chi connectivity index (χ0v) is 31.0. The number of hydrogen-bond donors (Lipinski definition) is 3. The van der Waals surface area contributed by atoms with Crippen molar-refractivity contribution in [2.45, 2.75) is 10.1 Å². The van der Waals surface area contributed by atoms with E-state index in [1.807, 2.05) is 97.1 Å². The molecular weight excluding hydrogens is 718 g/mol. The lowest BCUT2D eigenvalue weighted by Crippen LogP contribution is -2.30. The van der Waals surface area contributed by atoms with Crippen LogP contribution in [0.15, 0.2) is 162 Å². The van der Waals surface area contributed by atoms with Crippen LogP contribution in [0.1, 0.15) is 26.7 Å². The second kappa shape index (κ2) is 18.0. The van der Waals surface area contributed by atoms with Gasteiger partial charge in [-0.05, 0) is 64.7 Å². The molecule has 0 saturated carbocycles. The van der Waals surface area contributed by atoms with Gasteiger partial charge in [-0.3, -0.25) is 14.4 Å². The highest BCUT2D eigenvalue weighted by Crippen LogP contribution is 2.40. The van der Waals surface area contributed by atoms with E-state index in [2.05, 4.69) is 16.0 Å². The second-order valence-electron chi connectivity index (χ2n) is 11.9.